The van der Waals surface area contributed by atoms with Gasteiger partial charge in [0, 0.05) is 11.8 Å². The van der Waals surface area contributed by atoms with E-state index in [0.717, 1.165) is 54.4 Å². The van der Waals surface area contributed by atoms with Crippen LogP contribution in [0, 0.1) is 6.92 Å². The minimum Gasteiger partial charge on any atom is -0.486 e. The first kappa shape index (κ1) is 18.0. The van der Waals surface area contributed by atoms with Gasteiger partial charge in [-0.2, -0.15) is 4.68 Å². The fourth-order valence-electron chi connectivity index (χ4n) is 4.38. The molecule has 0 unspecified atom stereocenters. The Kier molecular flexibility index (Phi) is 4.58. The molecule has 0 amide bonds. The van der Waals surface area contributed by atoms with Crippen LogP contribution in [-0.4, -0.2) is 33.4 Å². The number of aromatic nitrogens is 4. The van der Waals surface area contributed by atoms with Crippen LogP contribution in [0.3, 0.4) is 0 Å². The van der Waals surface area contributed by atoms with Crippen molar-refractivity contribution in [3.05, 3.63) is 53.9 Å². The number of fused-ring (bicyclic) bond motifs is 1. The van der Waals surface area contributed by atoms with Crippen LogP contribution in [0.5, 0.6) is 11.5 Å². The van der Waals surface area contributed by atoms with Crippen LogP contribution in [-0.2, 0) is 5.54 Å². The molecule has 29 heavy (non-hydrogen) atoms. The Balaban J connectivity index is 1.55. The van der Waals surface area contributed by atoms with E-state index in [0.29, 0.717) is 13.2 Å². The van der Waals surface area contributed by atoms with E-state index in [4.69, 9.17) is 9.47 Å². The third kappa shape index (κ3) is 3.41. The molecule has 1 saturated carbocycles. The zero-order chi connectivity index (χ0) is 19.7. The summed E-state index contributed by atoms with van der Waals surface area (Å²) in [4.78, 5) is 0. The van der Waals surface area contributed by atoms with Crippen molar-refractivity contribution < 1.29 is 9.47 Å². The molecule has 2 aromatic carbocycles. The molecule has 2 heterocycles. The van der Waals surface area contributed by atoms with Gasteiger partial charge in [-0.3, -0.25) is 0 Å². The Bertz CT molecular complexity index is 1010. The summed E-state index contributed by atoms with van der Waals surface area (Å²) in [6.45, 7) is 3.24. The first-order chi connectivity index (χ1) is 14.2. The molecule has 150 valence electrons. The van der Waals surface area contributed by atoms with Gasteiger partial charge in [-0.25, -0.2) is 0 Å². The van der Waals surface area contributed by atoms with E-state index in [9.17, 15) is 0 Å². The molecule has 5 rings (SSSR count). The molecule has 2 aliphatic rings. The molecule has 1 N–H and O–H groups in total. The quantitative estimate of drug-likeness (QED) is 0.724. The number of nitrogens with one attached hydrogen (secondary N) is 1. The van der Waals surface area contributed by atoms with Gasteiger partial charge in [0.05, 0.1) is 11.2 Å². The van der Waals surface area contributed by atoms with E-state index < -0.39 is 0 Å². The molecule has 0 atom stereocenters. The summed E-state index contributed by atoms with van der Waals surface area (Å²) in [6.07, 6.45) is 5.51. The highest BCUT2D eigenvalue weighted by Crippen LogP contribution is 2.40. The fourth-order valence-corrected chi connectivity index (χ4v) is 4.38. The molecule has 3 aromatic rings. The molecule has 7 nitrogen and oxygen atoms in total. The van der Waals surface area contributed by atoms with Crippen molar-refractivity contribution in [3.8, 4) is 17.2 Å². The van der Waals surface area contributed by atoms with E-state index in [1.165, 1.54) is 12.0 Å². The van der Waals surface area contributed by atoms with Crippen LogP contribution in [0.15, 0.2) is 42.5 Å². The van der Waals surface area contributed by atoms with Gasteiger partial charge in [-0.05, 0) is 60.0 Å². The van der Waals surface area contributed by atoms with Crippen LogP contribution in [0.1, 0.15) is 43.5 Å². The minimum absolute atomic E-state index is 0.303. The zero-order valence-corrected chi connectivity index (χ0v) is 16.6. The summed E-state index contributed by atoms with van der Waals surface area (Å²) in [5.41, 5.74) is 2.91. The van der Waals surface area contributed by atoms with E-state index >= 15 is 0 Å². The summed E-state index contributed by atoms with van der Waals surface area (Å²) >= 11 is 0. The summed E-state index contributed by atoms with van der Waals surface area (Å²) in [5.74, 6) is 2.34. The highest BCUT2D eigenvalue weighted by molar-refractivity contribution is 5.51. The maximum Gasteiger partial charge on any atom is 0.181 e. The summed E-state index contributed by atoms with van der Waals surface area (Å²) in [5, 5.41) is 16.7. The van der Waals surface area contributed by atoms with E-state index in [2.05, 4.69) is 52.0 Å². The largest absolute Gasteiger partial charge is 0.486 e. The van der Waals surface area contributed by atoms with Crippen molar-refractivity contribution in [2.75, 3.05) is 18.5 Å². The molecule has 1 aliphatic carbocycles. The predicted molar refractivity (Wildman–Crippen MR) is 110 cm³/mol. The van der Waals surface area contributed by atoms with Gasteiger partial charge >= 0.3 is 0 Å². The Hall–Kier alpha value is -3.09. The Morgan fingerprint density at radius 2 is 1.79 bits per heavy atom. The fraction of sp³-hybridized carbons (Fsp3) is 0.409. The van der Waals surface area contributed by atoms with Gasteiger partial charge in [0.25, 0.3) is 0 Å². The average Bonchev–Trinajstić information content (AvgIpc) is 3.25. The topological polar surface area (TPSA) is 74.1 Å². The van der Waals surface area contributed by atoms with E-state index in [1.807, 2.05) is 22.9 Å². The summed E-state index contributed by atoms with van der Waals surface area (Å²) in [7, 11) is 0. The van der Waals surface area contributed by atoms with Crippen molar-refractivity contribution in [2.45, 2.75) is 44.6 Å². The van der Waals surface area contributed by atoms with Crippen LogP contribution < -0.4 is 14.8 Å². The molecule has 1 aliphatic heterocycles. The average molecular weight is 391 g/mol. The third-order valence-electron chi connectivity index (χ3n) is 5.78. The van der Waals surface area contributed by atoms with Crippen LogP contribution in [0.2, 0.25) is 0 Å². The highest BCUT2D eigenvalue weighted by atomic mass is 16.6. The maximum atomic E-state index is 5.76. The first-order valence-corrected chi connectivity index (χ1v) is 10.3. The van der Waals surface area contributed by atoms with Gasteiger partial charge in [0.2, 0.25) is 0 Å². The Morgan fingerprint density at radius 3 is 2.62 bits per heavy atom. The number of hydrogen-bond donors (Lipinski definition) is 1. The molecule has 1 fully saturated rings. The van der Waals surface area contributed by atoms with Gasteiger partial charge in [0.1, 0.15) is 13.2 Å². The molecule has 7 heteroatoms. The second-order valence-corrected chi connectivity index (χ2v) is 7.88. The Labute approximate surface area is 170 Å². The third-order valence-corrected chi connectivity index (χ3v) is 5.78. The van der Waals surface area contributed by atoms with Crippen molar-refractivity contribution in [1.29, 1.82) is 0 Å². The second kappa shape index (κ2) is 7.39. The lowest BCUT2D eigenvalue weighted by Crippen LogP contribution is -2.40. The molecule has 1 aromatic heterocycles. The summed E-state index contributed by atoms with van der Waals surface area (Å²) < 4.78 is 13.3. The van der Waals surface area contributed by atoms with Gasteiger partial charge in [-0.1, -0.05) is 31.4 Å². The zero-order valence-electron chi connectivity index (χ0n) is 16.6. The van der Waals surface area contributed by atoms with Crippen molar-refractivity contribution in [2.24, 2.45) is 0 Å². The standard InChI is InChI=1S/C22H25N5O2/c1-16-6-5-7-17(14-16)23-22(10-3-2-4-11-22)21-24-25-26-27(21)18-8-9-19-20(15-18)29-13-12-28-19/h5-9,14-15,23H,2-4,10-13H2,1H3. The number of tetrazole rings is 1. The number of rotatable bonds is 4. The first-order valence-electron chi connectivity index (χ1n) is 10.3. The molecular weight excluding hydrogens is 366 g/mol. The van der Waals surface area contributed by atoms with Gasteiger partial charge < -0.3 is 14.8 Å². The van der Waals surface area contributed by atoms with Gasteiger partial charge in [-0.15, -0.1) is 5.10 Å². The summed E-state index contributed by atoms with van der Waals surface area (Å²) in [6, 6.07) is 14.3. The number of benzene rings is 2. The van der Waals surface area contributed by atoms with Crippen LogP contribution in [0.4, 0.5) is 5.69 Å². The number of aryl methyl sites for hydroxylation is 1. The smallest absolute Gasteiger partial charge is 0.181 e. The van der Waals surface area contributed by atoms with Gasteiger partial charge in [0.15, 0.2) is 17.3 Å². The van der Waals surface area contributed by atoms with Crippen LogP contribution in [0.25, 0.3) is 5.69 Å². The monoisotopic (exact) mass is 391 g/mol. The predicted octanol–water partition coefficient (Wildman–Crippen LogP) is 4.01. The van der Waals surface area contributed by atoms with Crippen molar-refractivity contribution in [3.63, 3.8) is 0 Å². The molecular formula is C22H25N5O2. The minimum atomic E-state index is -0.303. The normalized spacial score (nSPS) is 17.7. The Morgan fingerprint density at radius 1 is 0.966 bits per heavy atom. The molecule has 0 bridgehead atoms. The van der Waals surface area contributed by atoms with Crippen LogP contribution >= 0.6 is 0 Å². The number of anilines is 1. The number of nitrogens with zero attached hydrogens (tertiary/aromatic N) is 4. The second-order valence-electron chi connectivity index (χ2n) is 7.88. The van der Waals surface area contributed by atoms with E-state index in [-0.39, 0.29) is 5.54 Å². The van der Waals surface area contributed by atoms with Crippen molar-refractivity contribution >= 4 is 5.69 Å². The lowest BCUT2D eigenvalue weighted by atomic mass is 9.80. The van der Waals surface area contributed by atoms with E-state index in [1.54, 1.807) is 0 Å². The maximum absolute atomic E-state index is 5.76. The molecule has 0 spiro atoms. The molecule has 0 radical (unpaired) electrons. The lowest BCUT2D eigenvalue weighted by Gasteiger charge is -2.37. The molecule has 0 saturated heterocycles. The number of ether oxygens (including phenoxy) is 2. The van der Waals surface area contributed by atoms with Crippen molar-refractivity contribution in [1.82, 2.24) is 20.2 Å². The SMILES string of the molecule is Cc1cccc(NC2(c3nnnn3-c3ccc4c(c3)OCCO4)CCCCC2)c1. The highest BCUT2D eigenvalue weighted by Gasteiger charge is 2.39. The lowest BCUT2D eigenvalue weighted by molar-refractivity contribution is 0.171. The number of hydrogen-bond acceptors (Lipinski definition) is 6.